The number of nitrogens with one attached hydrogen (secondary N) is 1. The van der Waals surface area contributed by atoms with E-state index >= 15 is 0 Å². The summed E-state index contributed by atoms with van der Waals surface area (Å²) in [6, 6.07) is 5.70. The maximum atomic E-state index is 12.1. The van der Waals surface area contributed by atoms with Gasteiger partial charge in [0.25, 0.3) is 0 Å². The zero-order valence-corrected chi connectivity index (χ0v) is 13.8. The van der Waals surface area contributed by atoms with Crippen LogP contribution in [0.5, 0.6) is 0 Å². The van der Waals surface area contributed by atoms with Crippen LogP contribution in [0.4, 0.5) is 10.5 Å². The predicted octanol–water partition coefficient (Wildman–Crippen LogP) is 2.61. The van der Waals surface area contributed by atoms with Gasteiger partial charge in [0, 0.05) is 34.7 Å². The van der Waals surface area contributed by atoms with Crippen LogP contribution in [0.2, 0.25) is 0 Å². The van der Waals surface area contributed by atoms with Crippen molar-refractivity contribution in [1.82, 2.24) is 4.90 Å². The Balaban J connectivity index is 2.11. The van der Waals surface area contributed by atoms with Crippen molar-refractivity contribution in [3.8, 4) is 0 Å². The zero-order chi connectivity index (χ0) is 15.8. The number of rotatable bonds is 2. The third-order valence-electron chi connectivity index (χ3n) is 2.91. The van der Waals surface area contributed by atoms with Gasteiger partial charge in [-0.2, -0.15) is 0 Å². The van der Waals surface area contributed by atoms with E-state index in [0.29, 0.717) is 13.1 Å². The van der Waals surface area contributed by atoms with Gasteiger partial charge in [-0.05, 0) is 49.9 Å². The van der Waals surface area contributed by atoms with Crippen molar-refractivity contribution in [3.63, 3.8) is 0 Å². The molecular formula is C15H22N2O3S. The van der Waals surface area contributed by atoms with Gasteiger partial charge in [-0.15, -0.1) is 0 Å². The van der Waals surface area contributed by atoms with E-state index in [1.165, 1.54) is 0 Å². The molecule has 0 aromatic heterocycles. The molecule has 1 aliphatic rings. The third kappa shape index (κ3) is 4.39. The van der Waals surface area contributed by atoms with Gasteiger partial charge in [0.05, 0.1) is 0 Å². The van der Waals surface area contributed by atoms with Crippen LogP contribution in [0.15, 0.2) is 18.2 Å². The van der Waals surface area contributed by atoms with Crippen molar-refractivity contribution < 1.29 is 13.7 Å². The molecule has 0 bridgehead atoms. The molecule has 5 nitrogen and oxygen atoms in total. The monoisotopic (exact) mass is 310 g/mol. The minimum Gasteiger partial charge on any atom is -0.444 e. The fraction of sp³-hybridized carbons (Fsp3) is 0.467. The molecule has 116 valence electrons. The summed E-state index contributed by atoms with van der Waals surface area (Å²) in [5, 5.41) is 0. The Labute approximate surface area is 126 Å². The molecule has 1 aromatic carbocycles. The Bertz CT molecular complexity index is 660. The summed E-state index contributed by atoms with van der Waals surface area (Å²) in [4.78, 5) is 13.7. The van der Waals surface area contributed by atoms with E-state index in [4.69, 9.17) is 4.74 Å². The summed E-state index contributed by atoms with van der Waals surface area (Å²) in [7, 11) is -2.30. The second-order valence-electron chi connectivity index (χ2n) is 6.43. The Kier molecular flexibility index (Phi) is 3.93. The summed E-state index contributed by atoms with van der Waals surface area (Å²) in [6.07, 6.45) is 1.23. The standard InChI is InChI=1S/C15H22N2O3S/c1-15(2,3)20-14(18)17-9-11-6-7-13(8-12(11)10-17)16-21(4,5)19/h6-8H,4,9-10H2,1-3,5H3,(H,16,19). The van der Waals surface area contributed by atoms with Crippen LogP contribution in [0.1, 0.15) is 31.9 Å². The molecule has 0 radical (unpaired) electrons. The first-order valence-electron chi connectivity index (χ1n) is 6.73. The largest absolute Gasteiger partial charge is 0.444 e. The highest BCUT2D eigenvalue weighted by molar-refractivity contribution is 8.00. The molecule has 2 rings (SSSR count). The van der Waals surface area contributed by atoms with E-state index in [1.54, 1.807) is 11.2 Å². The fourth-order valence-corrected chi connectivity index (χ4v) is 2.79. The van der Waals surface area contributed by atoms with Crippen LogP contribution in [0.3, 0.4) is 0 Å². The Morgan fingerprint density at radius 1 is 1.33 bits per heavy atom. The Morgan fingerprint density at radius 3 is 2.52 bits per heavy atom. The van der Waals surface area contributed by atoms with Gasteiger partial charge in [0.2, 0.25) is 0 Å². The van der Waals surface area contributed by atoms with E-state index in [2.05, 4.69) is 10.6 Å². The number of benzene rings is 1. The molecule has 6 heteroatoms. The van der Waals surface area contributed by atoms with Crippen LogP contribution in [-0.2, 0) is 27.5 Å². The number of carbonyl (C=O) groups is 1. The summed E-state index contributed by atoms with van der Waals surface area (Å²) in [6.45, 7) is 6.59. The van der Waals surface area contributed by atoms with Crippen LogP contribution < -0.4 is 4.72 Å². The van der Waals surface area contributed by atoms with Crippen molar-refractivity contribution in [1.29, 1.82) is 0 Å². The third-order valence-corrected chi connectivity index (χ3v) is 3.58. The number of amides is 1. The van der Waals surface area contributed by atoms with Crippen molar-refractivity contribution >= 4 is 27.4 Å². The van der Waals surface area contributed by atoms with Crippen LogP contribution >= 0.6 is 0 Å². The number of ether oxygens (including phenoxy) is 1. The molecule has 21 heavy (non-hydrogen) atoms. The minimum absolute atomic E-state index is 0.315. The highest BCUT2D eigenvalue weighted by Crippen LogP contribution is 2.27. The van der Waals surface area contributed by atoms with Gasteiger partial charge in [0.15, 0.2) is 0 Å². The Hall–Kier alpha value is -1.69. The van der Waals surface area contributed by atoms with E-state index in [9.17, 15) is 9.00 Å². The molecule has 1 aromatic rings. The average molecular weight is 310 g/mol. The first-order chi connectivity index (χ1) is 9.53. The normalized spacial score (nSPS) is 17.0. The van der Waals surface area contributed by atoms with Crippen LogP contribution in [0.25, 0.3) is 0 Å². The lowest BCUT2D eigenvalue weighted by Gasteiger charge is -2.24. The highest BCUT2D eigenvalue weighted by Gasteiger charge is 2.27. The molecule has 0 saturated carbocycles. The number of nitrogens with zero attached hydrogens (tertiary/aromatic N) is 1. The van der Waals surface area contributed by atoms with Gasteiger partial charge >= 0.3 is 6.09 Å². The topological polar surface area (TPSA) is 58.6 Å². The molecule has 1 heterocycles. The predicted molar refractivity (Wildman–Crippen MR) is 86.7 cm³/mol. The van der Waals surface area contributed by atoms with E-state index < -0.39 is 15.3 Å². The van der Waals surface area contributed by atoms with Gasteiger partial charge in [-0.25, -0.2) is 9.00 Å². The summed E-state index contributed by atoms with van der Waals surface area (Å²) < 4.78 is 19.9. The molecule has 1 unspecified atom stereocenters. The first-order valence-corrected chi connectivity index (χ1v) is 8.87. The lowest BCUT2D eigenvalue weighted by atomic mass is 10.1. The molecule has 0 saturated heterocycles. The lowest BCUT2D eigenvalue weighted by molar-refractivity contribution is 0.0242. The molecule has 0 aliphatic carbocycles. The second-order valence-corrected chi connectivity index (χ2v) is 8.64. The maximum Gasteiger partial charge on any atom is 0.410 e. The maximum absolute atomic E-state index is 12.1. The molecule has 1 N–H and O–H groups in total. The number of hydrogen-bond acceptors (Lipinski definition) is 3. The minimum atomic E-state index is -2.30. The number of carbonyl (C=O) groups excluding carboxylic acids is 1. The molecule has 1 atom stereocenters. The second kappa shape index (κ2) is 5.26. The highest BCUT2D eigenvalue weighted by atomic mass is 32.2. The van der Waals surface area contributed by atoms with Crippen molar-refractivity contribution in [3.05, 3.63) is 29.3 Å². The smallest absolute Gasteiger partial charge is 0.410 e. The number of hydrogen-bond donors (Lipinski definition) is 1. The first kappa shape index (κ1) is 15.7. The number of fused-ring (bicyclic) bond motifs is 1. The summed E-state index contributed by atoms with van der Waals surface area (Å²) in [5.74, 6) is 3.57. The van der Waals surface area contributed by atoms with Gasteiger partial charge in [-0.1, -0.05) is 6.07 Å². The molecule has 0 fully saturated rings. The Morgan fingerprint density at radius 2 is 1.95 bits per heavy atom. The fourth-order valence-electron chi connectivity index (χ4n) is 2.16. The molecular weight excluding hydrogens is 288 g/mol. The lowest BCUT2D eigenvalue weighted by Crippen LogP contribution is -2.33. The van der Waals surface area contributed by atoms with Crippen LogP contribution in [-0.4, -0.2) is 32.9 Å². The molecule has 0 spiro atoms. The number of anilines is 1. The van der Waals surface area contributed by atoms with Crippen molar-refractivity contribution in [2.45, 2.75) is 39.5 Å². The summed E-state index contributed by atoms with van der Waals surface area (Å²) in [5.41, 5.74) is 2.37. The van der Waals surface area contributed by atoms with E-state index in [0.717, 1.165) is 16.8 Å². The molecule has 1 amide bonds. The van der Waals surface area contributed by atoms with Crippen LogP contribution in [0, 0.1) is 0 Å². The molecule has 1 aliphatic heterocycles. The van der Waals surface area contributed by atoms with Crippen molar-refractivity contribution in [2.24, 2.45) is 0 Å². The summed E-state index contributed by atoms with van der Waals surface area (Å²) >= 11 is 0. The van der Waals surface area contributed by atoms with E-state index in [1.807, 2.05) is 39.0 Å². The van der Waals surface area contributed by atoms with Gasteiger partial charge in [0.1, 0.15) is 5.60 Å². The SMILES string of the molecule is C=S(C)(=O)Nc1ccc2c(c1)CN(C(=O)OC(C)(C)C)C2. The van der Waals surface area contributed by atoms with Gasteiger partial charge in [-0.3, -0.25) is 4.90 Å². The van der Waals surface area contributed by atoms with Crippen molar-refractivity contribution in [2.75, 3.05) is 11.0 Å². The van der Waals surface area contributed by atoms with E-state index in [-0.39, 0.29) is 6.09 Å². The average Bonchev–Trinajstić information content (AvgIpc) is 2.67. The quantitative estimate of drug-likeness (QED) is 0.854. The zero-order valence-electron chi connectivity index (χ0n) is 12.9. The van der Waals surface area contributed by atoms with Gasteiger partial charge < -0.3 is 9.46 Å².